The molecule has 0 bridgehead atoms. The molecule has 0 radical (unpaired) electrons. The van der Waals surface area contributed by atoms with Gasteiger partial charge in [0.1, 0.15) is 0 Å². The number of hydrogen-bond acceptors (Lipinski definition) is 3. The lowest BCUT2D eigenvalue weighted by Crippen LogP contribution is -1.82. The van der Waals surface area contributed by atoms with Crippen LogP contribution in [0.2, 0.25) is 0 Å². The molecule has 0 aromatic carbocycles. The molecule has 1 heterocycles. The van der Waals surface area contributed by atoms with Crippen molar-refractivity contribution >= 4 is 17.6 Å². The summed E-state index contributed by atoms with van der Waals surface area (Å²) in [4.78, 5) is 0. The predicted molar refractivity (Wildman–Crippen MR) is 33.7 cm³/mol. The summed E-state index contributed by atoms with van der Waals surface area (Å²) in [5.41, 5.74) is 0.889. The fourth-order valence-electron chi connectivity index (χ4n) is 0.409. The van der Waals surface area contributed by atoms with E-state index in [1.54, 1.807) is 11.6 Å². The van der Waals surface area contributed by atoms with Crippen molar-refractivity contribution in [2.75, 3.05) is 0 Å². The Morgan fingerprint density at radius 1 is 1.88 bits per heavy atom. The topological polar surface area (TPSA) is 41.6 Å². The molecule has 0 atom stereocenters. The van der Waals surface area contributed by atoms with Gasteiger partial charge in [0.2, 0.25) is 0 Å². The van der Waals surface area contributed by atoms with Gasteiger partial charge in [-0.05, 0) is 5.37 Å². The van der Waals surface area contributed by atoms with Crippen LogP contribution in [0.15, 0.2) is 6.20 Å². The zero-order valence-electron chi connectivity index (χ0n) is 4.16. The average Bonchev–Trinajstić information content (AvgIpc) is 2.19. The second-order valence-corrected chi connectivity index (χ2v) is 1.67. The van der Waals surface area contributed by atoms with Crippen molar-refractivity contribution in [2.24, 2.45) is 0 Å². The van der Waals surface area contributed by atoms with Crippen LogP contribution < -0.4 is 0 Å². The largest absolute Gasteiger partial charge is 0.198 e. The molecule has 1 aromatic heterocycles. The Bertz CT molecular complexity index is 158. The maximum absolute atomic E-state index is 4.59. The molecule has 4 heteroatoms. The summed E-state index contributed by atoms with van der Waals surface area (Å²) >= 11 is 4.59. The number of H-pyrrole nitrogens is 1. The quantitative estimate of drug-likeness (QED) is 0.583. The average molecular weight is 127 g/mol. The first-order valence-corrected chi connectivity index (χ1v) is 2.69. The van der Waals surface area contributed by atoms with Crippen LogP contribution in [-0.2, 0) is 6.42 Å². The Labute approximate surface area is 52.1 Å². The lowest BCUT2D eigenvalue weighted by atomic mass is 10.4. The minimum atomic E-state index is 0.714. The van der Waals surface area contributed by atoms with Gasteiger partial charge in [-0.3, -0.25) is 0 Å². The van der Waals surface area contributed by atoms with Crippen molar-refractivity contribution in [3.63, 3.8) is 0 Å². The standard InChI is InChI=1S/C4H5N3S/c8-2-1-4-3-5-7-6-4/h2-3H,1H2,(H,5,6,7). The molecule has 0 aliphatic rings. The smallest absolute Gasteiger partial charge is 0.0870 e. The van der Waals surface area contributed by atoms with Crippen LogP contribution in [0.1, 0.15) is 5.69 Å². The molecule has 0 aliphatic carbocycles. The molecule has 0 saturated heterocycles. The molecule has 42 valence electrons. The Balaban J connectivity index is 2.62. The van der Waals surface area contributed by atoms with Gasteiger partial charge >= 0.3 is 0 Å². The molecule has 0 saturated carbocycles. The Morgan fingerprint density at radius 3 is 3.25 bits per heavy atom. The van der Waals surface area contributed by atoms with E-state index < -0.39 is 0 Å². The summed E-state index contributed by atoms with van der Waals surface area (Å²) in [5.74, 6) is 0. The molecule has 3 nitrogen and oxygen atoms in total. The minimum Gasteiger partial charge on any atom is -0.198 e. The second kappa shape index (κ2) is 2.52. The maximum Gasteiger partial charge on any atom is 0.0870 e. The van der Waals surface area contributed by atoms with Crippen LogP contribution in [0.25, 0.3) is 0 Å². The van der Waals surface area contributed by atoms with Gasteiger partial charge in [-0.1, -0.05) is 12.2 Å². The third-order valence-corrected chi connectivity index (χ3v) is 0.924. The molecule has 0 aliphatic heterocycles. The van der Waals surface area contributed by atoms with Crippen molar-refractivity contribution in [3.8, 4) is 0 Å². The molecule has 1 N–H and O–H groups in total. The summed E-state index contributed by atoms with van der Waals surface area (Å²) in [7, 11) is 0. The van der Waals surface area contributed by atoms with Gasteiger partial charge in [0.05, 0.1) is 11.9 Å². The summed E-state index contributed by atoms with van der Waals surface area (Å²) < 4.78 is 0. The van der Waals surface area contributed by atoms with Crippen LogP contribution >= 0.6 is 12.2 Å². The summed E-state index contributed by atoms with van der Waals surface area (Å²) in [5, 5.41) is 11.5. The fraction of sp³-hybridized carbons (Fsp3) is 0.250. The highest BCUT2D eigenvalue weighted by Crippen LogP contribution is 1.85. The lowest BCUT2D eigenvalue weighted by molar-refractivity contribution is 0.924. The maximum atomic E-state index is 4.59. The highest BCUT2D eigenvalue weighted by molar-refractivity contribution is 7.78. The minimum absolute atomic E-state index is 0.714. The number of thiocarbonyl (C=S) groups is 1. The number of nitrogens with one attached hydrogen (secondary N) is 1. The van der Waals surface area contributed by atoms with E-state index in [1.807, 2.05) is 0 Å². The molecule has 1 rings (SSSR count). The van der Waals surface area contributed by atoms with Crippen LogP contribution in [0.3, 0.4) is 0 Å². The van der Waals surface area contributed by atoms with Gasteiger partial charge in [0.15, 0.2) is 0 Å². The van der Waals surface area contributed by atoms with Crippen molar-refractivity contribution < 1.29 is 0 Å². The van der Waals surface area contributed by atoms with Crippen LogP contribution in [0.4, 0.5) is 0 Å². The number of nitrogens with zero attached hydrogens (tertiary/aromatic N) is 2. The fourth-order valence-corrected chi connectivity index (χ4v) is 0.580. The molecule has 1 aromatic rings. The second-order valence-electron chi connectivity index (χ2n) is 1.33. The van der Waals surface area contributed by atoms with Crippen LogP contribution in [-0.4, -0.2) is 20.8 Å². The highest BCUT2D eigenvalue weighted by Gasteiger charge is 1.87. The van der Waals surface area contributed by atoms with Crippen LogP contribution in [0, 0.1) is 0 Å². The molecular weight excluding hydrogens is 122 g/mol. The molecule has 0 amide bonds. The summed E-state index contributed by atoms with van der Waals surface area (Å²) in [6, 6.07) is 0. The third-order valence-electron chi connectivity index (χ3n) is 0.757. The van der Waals surface area contributed by atoms with E-state index in [0.29, 0.717) is 6.42 Å². The van der Waals surface area contributed by atoms with Gasteiger partial charge in [0.25, 0.3) is 0 Å². The zero-order chi connectivity index (χ0) is 5.82. The lowest BCUT2D eigenvalue weighted by Gasteiger charge is -1.76. The van der Waals surface area contributed by atoms with Gasteiger partial charge < -0.3 is 0 Å². The molecule has 8 heavy (non-hydrogen) atoms. The molecule has 0 unspecified atom stereocenters. The normalized spacial score (nSPS) is 9.00. The van der Waals surface area contributed by atoms with Gasteiger partial charge in [-0.15, -0.1) is 0 Å². The number of rotatable bonds is 2. The molecule has 0 fully saturated rings. The van der Waals surface area contributed by atoms with E-state index >= 15 is 0 Å². The summed E-state index contributed by atoms with van der Waals surface area (Å²) in [6.07, 6.45) is 2.37. The first kappa shape index (κ1) is 5.37. The number of aromatic nitrogens is 3. The first-order valence-electron chi connectivity index (χ1n) is 2.22. The summed E-state index contributed by atoms with van der Waals surface area (Å²) in [6.45, 7) is 0. The van der Waals surface area contributed by atoms with Crippen LogP contribution in [0.5, 0.6) is 0 Å². The van der Waals surface area contributed by atoms with E-state index in [2.05, 4.69) is 27.6 Å². The van der Waals surface area contributed by atoms with Gasteiger partial charge in [0, 0.05) is 6.42 Å². The van der Waals surface area contributed by atoms with Crippen molar-refractivity contribution in [1.29, 1.82) is 0 Å². The Hall–Kier alpha value is -0.770. The van der Waals surface area contributed by atoms with E-state index in [1.165, 1.54) is 0 Å². The number of aromatic amines is 1. The SMILES string of the molecule is S=CCc1cn[nH]n1. The zero-order valence-corrected chi connectivity index (χ0v) is 4.98. The van der Waals surface area contributed by atoms with Crippen molar-refractivity contribution in [1.82, 2.24) is 15.4 Å². The third kappa shape index (κ3) is 1.10. The number of hydrogen-bond donors (Lipinski definition) is 1. The van der Waals surface area contributed by atoms with Gasteiger partial charge in [-0.2, -0.15) is 15.4 Å². The molecule has 0 spiro atoms. The van der Waals surface area contributed by atoms with E-state index in [4.69, 9.17) is 0 Å². The van der Waals surface area contributed by atoms with Gasteiger partial charge in [-0.25, -0.2) is 0 Å². The van der Waals surface area contributed by atoms with Crippen molar-refractivity contribution in [2.45, 2.75) is 6.42 Å². The Kier molecular flexibility index (Phi) is 1.69. The van der Waals surface area contributed by atoms with E-state index in [0.717, 1.165) is 5.69 Å². The van der Waals surface area contributed by atoms with Crippen molar-refractivity contribution in [3.05, 3.63) is 11.9 Å². The Morgan fingerprint density at radius 2 is 2.75 bits per heavy atom. The first-order chi connectivity index (χ1) is 3.93. The highest BCUT2D eigenvalue weighted by atomic mass is 32.1. The molecular formula is C4H5N3S. The predicted octanol–water partition coefficient (Wildman–Crippen LogP) is 0.347. The van der Waals surface area contributed by atoms with E-state index in [9.17, 15) is 0 Å². The van der Waals surface area contributed by atoms with E-state index in [-0.39, 0.29) is 0 Å². The monoisotopic (exact) mass is 127 g/mol.